The first-order valence-electron chi connectivity index (χ1n) is 7.14. The molecule has 0 bridgehead atoms. The van der Waals surface area contributed by atoms with Crippen LogP contribution in [0, 0.1) is 0 Å². The second-order valence-electron chi connectivity index (χ2n) is 5.30. The number of benzene rings is 2. The van der Waals surface area contributed by atoms with Crippen molar-refractivity contribution in [3.63, 3.8) is 0 Å². The van der Waals surface area contributed by atoms with Crippen LogP contribution in [-0.2, 0) is 25.7 Å². The van der Waals surface area contributed by atoms with E-state index in [4.69, 9.17) is 4.74 Å². The lowest BCUT2D eigenvalue weighted by Gasteiger charge is -2.20. The van der Waals surface area contributed by atoms with Crippen LogP contribution < -0.4 is 10.1 Å². The highest BCUT2D eigenvalue weighted by molar-refractivity contribution is 5.37. The lowest BCUT2D eigenvalue weighted by molar-refractivity contribution is -0.137. The third-order valence-electron chi connectivity index (χ3n) is 3.79. The number of fused-ring (bicyclic) bond motifs is 1. The van der Waals surface area contributed by atoms with Crippen LogP contribution in [0.1, 0.15) is 22.3 Å². The summed E-state index contributed by atoms with van der Waals surface area (Å²) in [6.07, 6.45) is -3.44. The van der Waals surface area contributed by atoms with Crippen molar-refractivity contribution >= 4 is 0 Å². The van der Waals surface area contributed by atoms with E-state index >= 15 is 0 Å². The Bertz CT molecular complexity index is 667. The predicted molar refractivity (Wildman–Crippen MR) is 77.6 cm³/mol. The highest BCUT2D eigenvalue weighted by Crippen LogP contribution is 2.31. The Balaban J connectivity index is 1.76. The van der Waals surface area contributed by atoms with Gasteiger partial charge in [-0.1, -0.05) is 24.3 Å². The zero-order valence-corrected chi connectivity index (χ0v) is 11.9. The van der Waals surface area contributed by atoms with Gasteiger partial charge >= 0.3 is 6.18 Å². The minimum Gasteiger partial charge on any atom is -0.489 e. The maximum atomic E-state index is 12.7. The zero-order valence-electron chi connectivity index (χ0n) is 11.9. The van der Waals surface area contributed by atoms with E-state index in [1.807, 2.05) is 12.1 Å². The van der Waals surface area contributed by atoms with Crippen LogP contribution in [0.2, 0.25) is 0 Å². The topological polar surface area (TPSA) is 21.3 Å². The normalized spacial score (nSPS) is 14.5. The van der Waals surface area contributed by atoms with Gasteiger partial charge in [-0.3, -0.25) is 0 Å². The standard InChI is InChI=1S/C17H16F3NO/c18-17(19,20)14-5-2-6-15(9-14)22-11-13-4-1-3-12-10-21-8-7-16(12)13/h1-6,9,21H,7-8,10-11H2. The minimum absolute atomic E-state index is 0.237. The maximum Gasteiger partial charge on any atom is 0.416 e. The molecule has 0 atom stereocenters. The van der Waals surface area contributed by atoms with Gasteiger partial charge in [0.1, 0.15) is 12.4 Å². The van der Waals surface area contributed by atoms with Gasteiger partial charge in [0, 0.05) is 6.54 Å². The zero-order chi connectivity index (χ0) is 15.6. The monoisotopic (exact) mass is 307 g/mol. The number of hydrogen-bond donors (Lipinski definition) is 1. The van der Waals surface area contributed by atoms with Crippen molar-refractivity contribution in [2.45, 2.75) is 25.7 Å². The molecular formula is C17H16F3NO. The summed E-state index contributed by atoms with van der Waals surface area (Å²) >= 11 is 0. The van der Waals surface area contributed by atoms with E-state index in [1.165, 1.54) is 17.2 Å². The third kappa shape index (κ3) is 3.25. The van der Waals surface area contributed by atoms with Gasteiger partial charge in [0.2, 0.25) is 0 Å². The van der Waals surface area contributed by atoms with Gasteiger partial charge in [0.15, 0.2) is 0 Å². The molecule has 1 heterocycles. The van der Waals surface area contributed by atoms with Crippen molar-refractivity contribution in [3.8, 4) is 5.75 Å². The van der Waals surface area contributed by atoms with Crippen LogP contribution in [0.3, 0.4) is 0 Å². The molecule has 0 amide bonds. The van der Waals surface area contributed by atoms with Crippen molar-refractivity contribution in [1.82, 2.24) is 5.32 Å². The molecular weight excluding hydrogens is 291 g/mol. The molecule has 0 aliphatic carbocycles. The summed E-state index contributed by atoms with van der Waals surface area (Å²) < 4.78 is 43.7. The second-order valence-corrected chi connectivity index (χ2v) is 5.30. The van der Waals surface area contributed by atoms with Gasteiger partial charge in [-0.15, -0.1) is 0 Å². The largest absolute Gasteiger partial charge is 0.489 e. The van der Waals surface area contributed by atoms with E-state index in [2.05, 4.69) is 11.4 Å². The van der Waals surface area contributed by atoms with Crippen LogP contribution in [0.25, 0.3) is 0 Å². The molecule has 0 fully saturated rings. The average Bonchev–Trinajstić information content (AvgIpc) is 2.52. The molecule has 116 valence electrons. The first kappa shape index (κ1) is 14.9. The number of hydrogen-bond acceptors (Lipinski definition) is 2. The Kier molecular flexibility index (Phi) is 4.07. The van der Waals surface area contributed by atoms with Crippen LogP contribution in [0.15, 0.2) is 42.5 Å². The minimum atomic E-state index is -4.35. The maximum absolute atomic E-state index is 12.7. The Labute approximate surface area is 126 Å². The molecule has 0 spiro atoms. The second kappa shape index (κ2) is 6.01. The van der Waals surface area contributed by atoms with Gasteiger partial charge in [-0.25, -0.2) is 0 Å². The van der Waals surface area contributed by atoms with E-state index in [0.717, 1.165) is 37.2 Å². The van der Waals surface area contributed by atoms with Gasteiger partial charge in [0.05, 0.1) is 5.56 Å². The fourth-order valence-corrected chi connectivity index (χ4v) is 2.67. The highest BCUT2D eigenvalue weighted by atomic mass is 19.4. The van der Waals surface area contributed by atoms with Crippen LogP contribution in [0.5, 0.6) is 5.75 Å². The van der Waals surface area contributed by atoms with Gasteiger partial charge in [-0.05, 0) is 47.9 Å². The highest BCUT2D eigenvalue weighted by Gasteiger charge is 2.30. The van der Waals surface area contributed by atoms with Crippen LogP contribution >= 0.6 is 0 Å². The molecule has 1 N–H and O–H groups in total. The summed E-state index contributed by atoms with van der Waals surface area (Å²) in [6.45, 7) is 2.02. The molecule has 1 aliphatic rings. The summed E-state index contributed by atoms with van der Waals surface area (Å²) in [5.41, 5.74) is 2.82. The van der Waals surface area contributed by atoms with Gasteiger partial charge in [-0.2, -0.15) is 13.2 Å². The molecule has 0 aromatic heterocycles. The molecule has 1 aliphatic heterocycles. The number of alkyl halides is 3. The lowest BCUT2D eigenvalue weighted by atomic mass is 9.96. The van der Waals surface area contributed by atoms with Crippen molar-refractivity contribution in [2.24, 2.45) is 0 Å². The molecule has 22 heavy (non-hydrogen) atoms. The van der Waals surface area contributed by atoms with Gasteiger partial charge in [0.25, 0.3) is 0 Å². The molecule has 0 radical (unpaired) electrons. The fraction of sp³-hybridized carbons (Fsp3) is 0.294. The van der Waals surface area contributed by atoms with Crippen molar-refractivity contribution in [1.29, 1.82) is 0 Å². The summed E-state index contributed by atoms with van der Waals surface area (Å²) in [4.78, 5) is 0. The van der Waals surface area contributed by atoms with Gasteiger partial charge < -0.3 is 10.1 Å². The summed E-state index contributed by atoms with van der Waals surface area (Å²) in [5.74, 6) is 0.237. The van der Waals surface area contributed by atoms with Crippen LogP contribution in [-0.4, -0.2) is 6.54 Å². The number of halogens is 3. The van der Waals surface area contributed by atoms with Crippen molar-refractivity contribution in [3.05, 3.63) is 64.7 Å². The molecule has 2 nitrogen and oxygen atoms in total. The first-order valence-corrected chi connectivity index (χ1v) is 7.14. The van der Waals surface area contributed by atoms with Crippen molar-refractivity contribution < 1.29 is 17.9 Å². The Morgan fingerprint density at radius 1 is 1.09 bits per heavy atom. The number of rotatable bonds is 3. The Morgan fingerprint density at radius 2 is 1.91 bits per heavy atom. The van der Waals surface area contributed by atoms with E-state index in [0.29, 0.717) is 0 Å². The van der Waals surface area contributed by atoms with E-state index in [-0.39, 0.29) is 12.4 Å². The predicted octanol–water partition coefficient (Wildman–Crippen LogP) is 3.93. The van der Waals surface area contributed by atoms with E-state index < -0.39 is 11.7 Å². The smallest absolute Gasteiger partial charge is 0.416 e. The molecule has 2 aromatic carbocycles. The summed E-state index contributed by atoms with van der Waals surface area (Å²) in [6, 6.07) is 11.0. The molecule has 5 heteroatoms. The molecule has 0 unspecified atom stereocenters. The van der Waals surface area contributed by atoms with E-state index in [1.54, 1.807) is 6.07 Å². The molecule has 0 saturated heterocycles. The van der Waals surface area contributed by atoms with Crippen molar-refractivity contribution in [2.75, 3.05) is 6.54 Å². The van der Waals surface area contributed by atoms with Crippen LogP contribution in [0.4, 0.5) is 13.2 Å². The summed E-state index contributed by atoms with van der Waals surface area (Å²) in [7, 11) is 0. The molecule has 2 aromatic rings. The lowest BCUT2D eigenvalue weighted by Crippen LogP contribution is -2.24. The number of ether oxygens (including phenoxy) is 1. The van der Waals surface area contributed by atoms with E-state index in [9.17, 15) is 13.2 Å². The average molecular weight is 307 g/mol. The first-order chi connectivity index (χ1) is 10.5. The third-order valence-corrected chi connectivity index (χ3v) is 3.79. The Hall–Kier alpha value is -2.01. The summed E-state index contributed by atoms with van der Waals surface area (Å²) in [5, 5.41) is 3.30. The SMILES string of the molecule is FC(F)(F)c1cccc(OCc2cccc3c2CCNC3)c1. The molecule has 3 rings (SSSR count). The Morgan fingerprint density at radius 3 is 2.73 bits per heavy atom. The fourth-order valence-electron chi connectivity index (χ4n) is 2.67. The quantitative estimate of drug-likeness (QED) is 0.927. The number of nitrogens with one attached hydrogen (secondary N) is 1. The molecule has 0 saturated carbocycles.